The number of methoxy groups -OCH3 is 1. The highest BCUT2D eigenvalue weighted by molar-refractivity contribution is 5.51. The first-order valence-corrected chi connectivity index (χ1v) is 4.85. The van der Waals surface area contributed by atoms with Crippen molar-refractivity contribution < 1.29 is 4.74 Å². The molecule has 0 aromatic heterocycles. The third-order valence-corrected chi connectivity index (χ3v) is 2.23. The molecule has 0 bridgehead atoms. The van der Waals surface area contributed by atoms with Crippen LogP contribution in [0.3, 0.4) is 0 Å². The van der Waals surface area contributed by atoms with Crippen molar-refractivity contribution in [3.05, 3.63) is 23.8 Å². The van der Waals surface area contributed by atoms with Gasteiger partial charge in [0.2, 0.25) is 0 Å². The Kier molecular flexibility index (Phi) is 4.26. The van der Waals surface area contributed by atoms with Gasteiger partial charge in [-0.25, -0.2) is 0 Å². The van der Waals surface area contributed by atoms with Gasteiger partial charge in [0.05, 0.1) is 7.11 Å². The van der Waals surface area contributed by atoms with E-state index in [2.05, 4.69) is 5.32 Å². The van der Waals surface area contributed by atoms with Crippen molar-refractivity contribution in [3.63, 3.8) is 0 Å². The number of anilines is 1. The first kappa shape index (κ1) is 10.9. The first-order valence-electron chi connectivity index (χ1n) is 4.85. The summed E-state index contributed by atoms with van der Waals surface area (Å²) >= 11 is 0. The van der Waals surface area contributed by atoms with Crippen molar-refractivity contribution in [2.24, 2.45) is 0 Å². The van der Waals surface area contributed by atoms with Crippen molar-refractivity contribution in [1.82, 2.24) is 5.32 Å². The third-order valence-electron chi connectivity index (χ3n) is 2.23. The SMILES string of the molecule is CNCCCc1ccc(OC)cc1N. The molecule has 3 heteroatoms. The minimum absolute atomic E-state index is 0.819. The van der Waals surface area contributed by atoms with Crippen LogP contribution >= 0.6 is 0 Å². The monoisotopic (exact) mass is 194 g/mol. The van der Waals surface area contributed by atoms with Crippen LogP contribution in [0.5, 0.6) is 5.75 Å². The summed E-state index contributed by atoms with van der Waals surface area (Å²) in [4.78, 5) is 0. The summed E-state index contributed by atoms with van der Waals surface area (Å²) in [6, 6.07) is 5.85. The van der Waals surface area contributed by atoms with Gasteiger partial charge in [-0.15, -0.1) is 0 Å². The average Bonchev–Trinajstić information content (AvgIpc) is 2.20. The van der Waals surface area contributed by atoms with Crippen LogP contribution in [0.4, 0.5) is 5.69 Å². The number of benzene rings is 1. The van der Waals surface area contributed by atoms with Crippen LogP contribution < -0.4 is 15.8 Å². The van der Waals surface area contributed by atoms with Crippen LogP contribution in [-0.4, -0.2) is 20.7 Å². The fraction of sp³-hybridized carbons (Fsp3) is 0.455. The predicted molar refractivity (Wildman–Crippen MR) is 59.7 cm³/mol. The Balaban J connectivity index is 2.59. The Labute approximate surface area is 85.3 Å². The molecule has 0 aliphatic heterocycles. The van der Waals surface area contributed by atoms with E-state index < -0.39 is 0 Å². The van der Waals surface area contributed by atoms with Gasteiger partial charge in [0.15, 0.2) is 0 Å². The third kappa shape index (κ3) is 2.92. The smallest absolute Gasteiger partial charge is 0.120 e. The second-order valence-electron chi connectivity index (χ2n) is 3.27. The second-order valence-corrected chi connectivity index (χ2v) is 3.27. The van der Waals surface area contributed by atoms with Crippen LogP contribution in [0, 0.1) is 0 Å². The van der Waals surface area contributed by atoms with Gasteiger partial charge in [0, 0.05) is 11.8 Å². The largest absolute Gasteiger partial charge is 0.497 e. The maximum absolute atomic E-state index is 5.88. The van der Waals surface area contributed by atoms with Gasteiger partial charge in [-0.3, -0.25) is 0 Å². The van der Waals surface area contributed by atoms with Crippen LogP contribution in [0.25, 0.3) is 0 Å². The maximum atomic E-state index is 5.88. The Morgan fingerprint density at radius 2 is 2.21 bits per heavy atom. The van der Waals surface area contributed by atoms with E-state index in [1.807, 2.05) is 25.2 Å². The summed E-state index contributed by atoms with van der Waals surface area (Å²) in [6.07, 6.45) is 2.11. The molecule has 0 fully saturated rings. The van der Waals surface area contributed by atoms with Crippen LogP contribution in [0.15, 0.2) is 18.2 Å². The molecule has 0 atom stereocenters. The molecule has 3 nitrogen and oxygen atoms in total. The quantitative estimate of drug-likeness (QED) is 0.550. The molecular formula is C11H18N2O. The van der Waals surface area contributed by atoms with E-state index in [4.69, 9.17) is 10.5 Å². The first-order chi connectivity index (χ1) is 6.77. The molecule has 0 spiro atoms. The van der Waals surface area contributed by atoms with E-state index in [9.17, 15) is 0 Å². The molecule has 3 N–H and O–H groups in total. The number of aryl methyl sites for hydroxylation is 1. The van der Waals surface area contributed by atoms with E-state index in [0.29, 0.717) is 0 Å². The Morgan fingerprint density at radius 1 is 1.43 bits per heavy atom. The molecule has 0 aliphatic rings. The van der Waals surface area contributed by atoms with Crippen LogP contribution in [0.1, 0.15) is 12.0 Å². The highest BCUT2D eigenvalue weighted by atomic mass is 16.5. The molecule has 0 heterocycles. The van der Waals surface area contributed by atoms with Gasteiger partial charge in [0.25, 0.3) is 0 Å². The van der Waals surface area contributed by atoms with E-state index in [1.54, 1.807) is 7.11 Å². The molecule has 14 heavy (non-hydrogen) atoms. The van der Waals surface area contributed by atoms with Gasteiger partial charge < -0.3 is 15.8 Å². The Morgan fingerprint density at radius 3 is 2.79 bits per heavy atom. The van der Waals surface area contributed by atoms with Crippen LogP contribution in [0.2, 0.25) is 0 Å². The summed E-state index contributed by atoms with van der Waals surface area (Å²) < 4.78 is 5.08. The highest BCUT2D eigenvalue weighted by Crippen LogP contribution is 2.20. The summed E-state index contributed by atoms with van der Waals surface area (Å²) in [6.45, 7) is 1.02. The maximum Gasteiger partial charge on any atom is 0.120 e. The lowest BCUT2D eigenvalue weighted by Gasteiger charge is -2.07. The van der Waals surface area contributed by atoms with Crippen molar-refractivity contribution >= 4 is 5.69 Å². The molecule has 0 saturated carbocycles. The lowest BCUT2D eigenvalue weighted by Crippen LogP contribution is -2.09. The molecule has 0 aliphatic carbocycles. The van der Waals surface area contributed by atoms with E-state index >= 15 is 0 Å². The lowest BCUT2D eigenvalue weighted by molar-refractivity contribution is 0.415. The summed E-state index contributed by atoms with van der Waals surface area (Å²) in [7, 11) is 3.60. The minimum Gasteiger partial charge on any atom is -0.497 e. The van der Waals surface area contributed by atoms with Crippen LogP contribution in [-0.2, 0) is 6.42 Å². The zero-order chi connectivity index (χ0) is 10.4. The number of rotatable bonds is 5. The van der Waals surface area contributed by atoms with Crippen molar-refractivity contribution in [2.45, 2.75) is 12.8 Å². The van der Waals surface area contributed by atoms with Gasteiger partial charge >= 0.3 is 0 Å². The number of ether oxygens (including phenoxy) is 1. The number of hydrogen-bond acceptors (Lipinski definition) is 3. The van der Waals surface area contributed by atoms with Gasteiger partial charge in [0.1, 0.15) is 5.75 Å². The van der Waals surface area contributed by atoms with Crippen molar-refractivity contribution in [1.29, 1.82) is 0 Å². The lowest BCUT2D eigenvalue weighted by atomic mass is 10.1. The summed E-state index contributed by atoms with van der Waals surface area (Å²) in [5, 5.41) is 3.11. The normalized spacial score (nSPS) is 10.1. The number of nitrogens with one attached hydrogen (secondary N) is 1. The molecule has 78 valence electrons. The highest BCUT2D eigenvalue weighted by Gasteiger charge is 2.00. The van der Waals surface area contributed by atoms with E-state index in [1.165, 1.54) is 5.56 Å². The fourth-order valence-corrected chi connectivity index (χ4v) is 1.38. The fourth-order valence-electron chi connectivity index (χ4n) is 1.38. The Bertz CT molecular complexity index is 287. The molecule has 1 rings (SSSR count). The van der Waals surface area contributed by atoms with Crippen molar-refractivity contribution in [2.75, 3.05) is 26.4 Å². The van der Waals surface area contributed by atoms with Crippen molar-refractivity contribution in [3.8, 4) is 5.75 Å². The molecule has 0 amide bonds. The number of hydrogen-bond donors (Lipinski definition) is 2. The van der Waals surface area contributed by atoms with Gasteiger partial charge in [-0.05, 0) is 38.1 Å². The van der Waals surface area contributed by atoms with Gasteiger partial charge in [-0.1, -0.05) is 6.07 Å². The molecule has 0 saturated heterocycles. The second kappa shape index (κ2) is 5.50. The molecule has 1 aromatic rings. The average molecular weight is 194 g/mol. The zero-order valence-electron chi connectivity index (χ0n) is 8.84. The molecule has 0 unspecified atom stereocenters. The van der Waals surface area contributed by atoms with Gasteiger partial charge in [-0.2, -0.15) is 0 Å². The Hall–Kier alpha value is -1.22. The van der Waals surface area contributed by atoms with E-state index in [-0.39, 0.29) is 0 Å². The summed E-state index contributed by atoms with van der Waals surface area (Å²) in [5.41, 5.74) is 7.89. The molecule has 0 radical (unpaired) electrons. The molecule has 1 aromatic carbocycles. The summed E-state index contributed by atoms with van der Waals surface area (Å²) in [5.74, 6) is 0.819. The van der Waals surface area contributed by atoms with E-state index in [0.717, 1.165) is 30.8 Å². The minimum atomic E-state index is 0.819. The molecular weight excluding hydrogens is 176 g/mol. The predicted octanol–water partition coefficient (Wildman–Crippen LogP) is 1.43. The standard InChI is InChI=1S/C11H18N2O/c1-13-7-3-4-9-5-6-10(14-2)8-11(9)12/h5-6,8,13H,3-4,7,12H2,1-2H3. The topological polar surface area (TPSA) is 47.3 Å². The number of nitrogens with two attached hydrogens (primary N) is 1. The number of nitrogen functional groups attached to an aromatic ring is 1. The zero-order valence-corrected chi connectivity index (χ0v) is 8.84.